The molecule has 0 aliphatic heterocycles. The third kappa shape index (κ3) is 9.77. The molecule has 0 unspecified atom stereocenters. The predicted molar refractivity (Wildman–Crippen MR) is 186 cm³/mol. The Morgan fingerprint density at radius 3 is 2.14 bits per heavy atom. The Balaban J connectivity index is 1.87. The van der Waals surface area contributed by atoms with Crippen LogP contribution in [0.25, 0.3) is 0 Å². The summed E-state index contributed by atoms with van der Waals surface area (Å²) in [5.41, 5.74) is 0.323. The normalized spacial score (nSPS) is 13.0. The minimum absolute atomic E-state index is 0.0687. The average molecular weight is 735 g/mol. The highest BCUT2D eigenvalue weighted by Crippen LogP contribution is 2.38. The molecule has 4 aromatic rings. The fraction of sp³-hybridized carbons (Fsp3) is 0.278. The van der Waals surface area contributed by atoms with Crippen molar-refractivity contribution in [2.75, 3.05) is 10.8 Å². The predicted octanol–water partition coefficient (Wildman–Crippen LogP) is 8.07. The molecule has 2 atom stereocenters. The summed E-state index contributed by atoms with van der Waals surface area (Å²) < 4.78 is 70.9. The first-order chi connectivity index (χ1) is 23.1. The Morgan fingerprint density at radius 2 is 1.53 bits per heavy atom. The van der Waals surface area contributed by atoms with E-state index in [2.05, 4.69) is 5.32 Å². The van der Waals surface area contributed by atoms with Gasteiger partial charge in [0.25, 0.3) is 10.0 Å². The van der Waals surface area contributed by atoms with Gasteiger partial charge in [0, 0.05) is 24.0 Å². The minimum atomic E-state index is -4.91. The molecule has 0 spiro atoms. The second-order valence-corrected chi connectivity index (χ2v) is 14.4. The zero-order chi connectivity index (χ0) is 35.9. The second-order valence-electron chi connectivity index (χ2n) is 11.7. The number of alkyl halides is 3. The molecule has 0 saturated carbocycles. The van der Waals surface area contributed by atoms with Crippen molar-refractivity contribution >= 4 is 50.7 Å². The van der Waals surface area contributed by atoms with Crippen LogP contribution in [-0.2, 0) is 38.8 Å². The quantitative estimate of drug-likeness (QED) is 0.151. The van der Waals surface area contributed by atoms with E-state index in [0.717, 1.165) is 23.3 Å². The summed E-state index contributed by atoms with van der Waals surface area (Å²) in [4.78, 5) is 29.5. The van der Waals surface area contributed by atoms with Gasteiger partial charge in [-0.1, -0.05) is 90.3 Å². The van der Waals surface area contributed by atoms with Crippen molar-refractivity contribution in [2.24, 2.45) is 0 Å². The molecule has 2 amide bonds. The van der Waals surface area contributed by atoms with Crippen LogP contribution in [0.5, 0.6) is 0 Å². The maximum Gasteiger partial charge on any atom is 0.417 e. The molecule has 260 valence electrons. The maximum atomic E-state index is 14.5. The summed E-state index contributed by atoms with van der Waals surface area (Å²) in [6.07, 6.45) is -4.24. The molecule has 0 fully saturated rings. The number of aryl methyl sites for hydroxylation is 1. The number of hydrogen-bond donors (Lipinski definition) is 1. The van der Waals surface area contributed by atoms with Crippen molar-refractivity contribution in [1.29, 1.82) is 0 Å². The number of benzene rings is 4. The van der Waals surface area contributed by atoms with Crippen LogP contribution in [-0.4, -0.2) is 43.8 Å². The largest absolute Gasteiger partial charge is 0.417 e. The van der Waals surface area contributed by atoms with Crippen LogP contribution in [0.2, 0.25) is 10.0 Å². The SMILES string of the molecule is CC[C@H](C)NC(=O)[C@@H](Cc1ccccc1)N(Cc1cccc(Cl)c1)C(=O)CN(c1ccc(Cl)c(C(F)(F)F)c1)S(=O)(=O)c1ccc(C)cc1. The molecule has 1 N–H and O–H groups in total. The van der Waals surface area contributed by atoms with Gasteiger partial charge >= 0.3 is 6.18 Å². The van der Waals surface area contributed by atoms with Crippen molar-refractivity contribution in [3.05, 3.63) is 129 Å². The summed E-state index contributed by atoms with van der Waals surface area (Å²) in [5, 5.41) is 2.67. The third-order valence-corrected chi connectivity index (χ3v) is 10.3. The van der Waals surface area contributed by atoms with E-state index in [1.165, 1.54) is 29.2 Å². The van der Waals surface area contributed by atoms with Gasteiger partial charge in [-0.05, 0) is 73.9 Å². The lowest BCUT2D eigenvalue weighted by Crippen LogP contribution is -2.54. The molecule has 49 heavy (non-hydrogen) atoms. The number of carbonyl (C=O) groups is 2. The van der Waals surface area contributed by atoms with Crippen molar-refractivity contribution in [2.45, 2.75) is 63.3 Å². The first-order valence-electron chi connectivity index (χ1n) is 15.4. The first kappa shape index (κ1) is 37.8. The number of hydrogen-bond acceptors (Lipinski definition) is 4. The molecule has 13 heteroatoms. The summed E-state index contributed by atoms with van der Waals surface area (Å²) in [6, 6.07) is 22.6. The summed E-state index contributed by atoms with van der Waals surface area (Å²) in [7, 11) is -4.63. The van der Waals surface area contributed by atoms with Crippen LogP contribution in [0.1, 0.15) is 42.5 Å². The lowest BCUT2D eigenvalue weighted by atomic mass is 10.0. The van der Waals surface area contributed by atoms with Gasteiger partial charge < -0.3 is 10.2 Å². The van der Waals surface area contributed by atoms with Gasteiger partial charge in [0.05, 0.1) is 21.2 Å². The van der Waals surface area contributed by atoms with Crippen LogP contribution >= 0.6 is 23.2 Å². The minimum Gasteiger partial charge on any atom is -0.352 e. The Labute approximate surface area is 294 Å². The monoisotopic (exact) mass is 733 g/mol. The summed E-state index contributed by atoms with van der Waals surface area (Å²) in [6.45, 7) is 4.36. The maximum absolute atomic E-state index is 14.5. The number of nitrogens with one attached hydrogen (secondary N) is 1. The number of anilines is 1. The van der Waals surface area contributed by atoms with Gasteiger partial charge in [0.15, 0.2) is 0 Å². The Morgan fingerprint density at radius 1 is 0.878 bits per heavy atom. The highest BCUT2D eigenvalue weighted by Gasteiger charge is 2.38. The molecular weight excluding hydrogens is 698 g/mol. The van der Waals surface area contributed by atoms with E-state index in [4.69, 9.17) is 23.2 Å². The zero-order valence-electron chi connectivity index (χ0n) is 27.0. The van der Waals surface area contributed by atoms with Gasteiger partial charge in [0.2, 0.25) is 11.8 Å². The molecule has 0 saturated heterocycles. The molecule has 0 bridgehead atoms. The fourth-order valence-electron chi connectivity index (χ4n) is 5.08. The molecule has 4 aromatic carbocycles. The fourth-order valence-corrected chi connectivity index (χ4v) is 6.92. The van der Waals surface area contributed by atoms with E-state index in [1.54, 1.807) is 55.5 Å². The Hall–Kier alpha value is -4.06. The lowest BCUT2D eigenvalue weighted by Gasteiger charge is -2.34. The molecule has 0 heterocycles. The van der Waals surface area contributed by atoms with Crippen molar-refractivity contribution in [1.82, 2.24) is 10.2 Å². The van der Waals surface area contributed by atoms with Crippen LogP contribution in [0.15, 0.2) is 102 Å². The van der Waals surface area contributed by atoms with Crippen molar-refractivity contribution < 1.29 is 31.2 Å². The van der Waals surface area contributed by atoms with E-state index in [1.807, 2.05) is 19.9 Å². The van der Waals surface area contributed by atoms with Crippen molar-refractivity contribution in [3.8, 4) is 0 Å². The Bertz CT molecular complexity index is 1870. The molecule has 0 radical (unpaired) electrons. The van der Waals surface area contributed by atoms with Crippen LogP contribution in [0, 0.1) is 6.92 Å². The molecular formula is C36H36Cl2F3N3O4S. The second kappa shape index (κ2) is 16.1. The Kier molecular flexibility index (Phi) is 12.4. The van der Waals surface area contributed by atoms with E-state index < -0.39 is 56.9 Å². The topological polar surface area (TPSA) is 86.8 Å². The third-order valence-electron chi connectivity index (χ3n) is 7.95. The summed E-state index contributed by atoms with van der Waals surface area (Å²) in [5.74, 6) is -1.31. The van der Waals surface area contributed by atoms with Crippen LogP contribution < -0.4 is 9.62 Å². The van der Waals surface area contributed by atoms with Gasteiger partial charge in [-0.2, -0.15) is 13.2 Å². The molecule has 0 aliphatic rings. The smallest absolute Gasteiger partial charge is 0.352 e. The standard InChI is InChI=1S/C36H36Cl2F3N3O4S/c1-4-25(3)42-35(46)33(20-26-9-6-5-7-10-26)43(22-27-11-8-12-28(37)19-27)34(45)23-44(49(47,48)30-16-13-24(2)14-17-30)29-15-18-32(38)31(21-29)36(39,40)41/h5-19,21,25,33H,4,20,22-23H2,1-3H3,(H,42,46)/t25-,33+/m0/s1. The van der Waals surface area contributed by atoms with E-state index in [0.29, 0.717) is 27.4 Å². The van der Waals surface area contributed by atoms with Crippen molar-refractivity contribution in [3.63, 3.8) is 0 Å². The van der Waals surface area contributed by atoms with Crippen LogP contribution in [0.3, 0.4) is 0 Å². The first-order valence-corrected chi connectivity index (χ1v) is 17.6. The van der Waals surface area contributed by atoms with E-state index in [9.17, 15) is 31.2 Å². The number of amides is 2. The number of halogens is 5. The van der Waals surface area contributed by atoms with E-state index >= 15 is 0 Å². The van der Waals surface area contributed by atoms with Gasteiger partial charge in [-0.15, -0.1) is 0 Å². The number of nitrogens with zero attached hydrogens (tertiary/aromatic N) is 2. The highest BCUT2D eigenvalue weighted by molar-refractivity contribution is 7.92. The molecule has 4 rings (SSSR count). The van der Waals surface area contributed by atoms with Crippen LogP contribution in [0.4, 0.5) is 18.9 Å². The molecule has 7 nitrogen and oxygen atoms in total. The van der Waals surface area contributed by atoms with Gasteiger partial charge in [-0.25, -0.2) is 8.42 Å². The molecule has 0 aliphatic carbocycles. The van der Waals surface area contributed by atoms with Gasteiger partial charge in [0.1, 0.15) is 12.6 Å². The number of sulfonamides is 1. The highest BCUT2D eigenvalue weighted by atomic mass is 35.5. The molecule has 0 aromatic heterocycles. The van der Waals surface area contributed by atoms with E-state index in [-0.39, 0.29) is 23.9 Å². The zero-order valence-corrected chi connectivity index (χ0v) is 29.4. The average Bonchev–Trinajstić information content (AvgIpc) is 3.05. The number of carbonyl (C=O) groups excluding carboxylic acids is 2. The van der Waals surface area contributed by atoms with Gasteiger partial charge in [-0.3, -0.25) is 13.9 Å². The summed E-state index contributed by atoms with van der Waals surface area (Å²) >= 11 is 12.1. The number of rotatable bonds is 13. The lowest BCUT2D eigenvalue weighted by molar-refractivity contribution is -0.140.